The molecule has 4 nitrogen and oxygen atoms in total. The molecule has 106 valence electrons. The van der Waals surface area contributed by atoms with E-state index in [0.29, 0.717) is 18.7 Å². The predicted octanol–water partition coefficient (Wildman–Crippen LogP) is 2.63. The highest BCUT2D eigenvalue weighted by Gasteiger charge is 2.22. The van der Waals surface area contributed by atoms with Crippen LogP contribution in [0.2, 0.25) is 0 Å². The Bertz CT molecular complexity index is 450. The molecule has 2 N–H and O–H groups in total. The summed E-state index contributed by atoms with van der Waals surface area (Å²) in [5, 5.41) is 18.1. The summed E-state index contributed by atoms with van der Waals surface area (Å²) in [7, 11) is 0. The van der Waals surface area contributed by atoms with E-state index in [1.807, 2.05) is 18.7 Å². The monoisotopic (exact) mass is 269 g/mol. The lowest BCUT2D eigenvalue weighted by molar-refractivity contribution is -0.141. The third-order valence-corrected chi connectivity index (χ3v) is 3.32. The molecular weight excluding hydrogens is 249 g/mol. The van der Waals surface area contributed by atoms with E-state index in [0.717, 1.165) is 6.07 Å². The zero-order valence-electron chi connectivity index (χ0n) is 11.4. The number of hydrogen-bond acceptors (Lipinski definition) is 3. The van der Waals surface area contributed by atoms with Crippen molar-refractivity contribution in [3.05, 3.63) is 29.6 Å². The molecule has 0 radical (unpaired) electrons. The fraction of sp³-hybridized carbons (Fsp3) is 0.500. The fourth-order valence-electron chi connectivity index (χ4n) is 2.04. The summed E-state index contributed by atoms with van der Waals surface area (Å²) in [5.74, 6) is -1.97. The molecule has 0 saturated heterocycles. The van der Waals surface area contributed by atoms with Gasteiger partial charge in [-0.25, -0.2) is 4.39 Å². The number of rotatable bonds is 6. The van der Waals surface area contributed by atoms with E-state index in [-0.39, 0.29) is 11.8 Å². The van der Waals surface area contributed by atoms with Gasteiger partial charge in [0.1, 0.15) is 11.6 Å². The van der Waals surface area contributed by atoms with E-state index in [2.05, 4.69) is 0 Å². The molecule has 2 atom stereocenters. The molecule has 5 heteroatoms. The molecule has 0 aliphatic carbocycles. The van der Waals surface area contributed by atoms with Gasteiger partial charge in [-0.2, -0.15) is 0 Å². The summed E-state index contributed by atoms with van der Waals surface area (Å²) in [6.07, 6.45) is 0. The van der Waals surface area contributed by atoms with Crippen LogP contribution >= 0.6 is 0 Å². The average molecular weight is 269 g/mol. The third-order valence-electron chi connectivity index (χ3n) is 3.32. The molecule has 1 aromatic rings. The van der Waals surface area contributed by atoms with Crippen molar-refractivity contribution in [1.29, 1.82) is 0 Å². The number of halogens is 1. The van der Waals surface area contributed by atoms with E-state index in [1.54, 1.807) is 6.92 Å². The first-order valence-electron chi connectivity index (χ1n) is 6.32. The van der Waals surface area contributed by atoms with E-state index >= 15 is 0 Å². The van der Waals surface area contributed by atoms with Gasteiger partial charge in [-0.3, -0.25) is 9.69 Å². The number of phenolic OH excluding ortho intramolecular Hbond substituents is 1. The minimum absolute atomic E-state index is 0.115. The van der Waals surface area contributed by atoms with E-state index in [1.165, 1.54) is 12.1 Å². The lowest BCUT2D eigenvalue weighted by Gasteiger charge is -2.29. The van der Waals surface area contributed by atoms with Gasteiger partial charge in [0.05, 0.1) is 5.92 Å². The maximum Gasteiger partial charge on any atom is 0.307 e. The Morgan fingerprint density at radius 3 is 2.53 bits per heavy atom. The first-order valence-corrected chi connectivity index (χ1v) is 6.32. The summed E-state index contributed by atoms with van der Waals surface area (Å²) < 4.78 is 13.8. The highest BCUT2D eigenvalue weighted by molar-refractivity contribution is 5.69. The Morgan fingerprint density at radius 1 is 1.42 bits per heavy atom. The van der Waals surface area contributed by atoms with Gasteiger partial charge in [-0.15, -0.1) is 0 Å². The van der Waals surface area contributed by atoms with Gasteiger partial charge in [-0.1, -0.05) is 19.9 Å². The van der Waals surface area contributed by atoms with Crippen LogP contribution in [-0.2, 0) is 4.79 Å². The Kier molecular flexibility index (Phi) is 5.30. The van der Waals surface area contributed by atoms with Crippen LogP contribution in [0.3, 0.4) is 0 Å². The van der Waals surface area contributed by atoms with Crippen LogP contribution in [0.25, 0.3) is 0 Å². The molecule has 0 aliphatic heterocycles. The van der Waals surface area contributed by atoms with Gasteiger partial charge in [0.15, 0.2) is 0 Å². The topological polar surface area (TPSA) is 60.8 Å². The molecule has 0 fully saturated rings. The van der Waals surface area contributed by atoms with Crippen molar-refractivity contribution in [2.45, 2.75) is 26.8 Å². The highest BCUT2D eigenvalue weighted by Crippen LogP contribution is 2.26. The Hall–Kier alpha value is -1.62. The van der Waals surface area contributed by atoms with Crippen LogP contribution in [0, 0.1) is 11.7 Å². The lowest BCUT2D eigenvalue weighted by Crippen LogP contribution is -2.34. The van der Waals surface area contributed by atoms with Gasteiger partial charge in [0, 0.05) is 24.2 Å². The minimum Gasteiger partial charge on any atom is -0.508 e. The summed E-state index contributed by atoms with van der Waals surface area (Å²) in [6.45, 7) is 6.34. The Balaban J connectivity index is 2.88. The fourth-order valence-corrected chi connectivity index (χ4v) is 2.04. The molecule has 0 amide bonds. The van der Waals surface area contributed by atoms with E-state index < -0.39 is 17.7 Å². The number of aliphatic carboxylic acids is 1. The molecule has 0 aromatic heterocycles. The number of phenols is 1. The number of carboxylic acid groups (broad SMARTS) is 1. The van der Waals surface area contributed by atoms with Gasteiger partial charge in [0.2, 0.25) is 0 Å². The third kappa shape index (κ3) is 3.92. The number of nitrogens with zero attached hydrogens (tertiary/aromatic N) is 1. The summed E-state index contributed by atoms with van der Waals surface area (Å²) in [5.41, 5.74) is 0.456. The molecule has 1 rings (SSSR count). The number of aromatic hydroxyl groups is 1. The quantitative estimate of drug-likeness (QED) is 0.833. The average Bonchev–Trinajstić information content (AvgIpc) is 2.34. The predicted molar refractivity (Wildman–Crippen MR) is 70.5 cm³/mol. The lowest BCUT2D eigenvalue weighted by atomic mass is 10.0. The number of carbonyl (C=O) groups is 1. The normalized spacial score (nSPS) is 14.4. The Morgan fingerprint density at radius 2 is 2.05 bits per heavy atom. The molecule has 1 aromatic carbocycles. The van der Waals surface area contributed by atoms with Gasteiger partial charge in [-0.05, 0) is 19.5 Å². The van der Waals surface area contributed by atoms with Gasteiger partial charge in [0.25, 0.3) is 0 Å². The second-order valence-electron chi connectivity index (χ2n) is 4.71. The van der Waals surface area contributed by atoms with Crippen LogP contribution < -0.4 is 0 Å². The van der Waals surface area contributed by atoms with Crippen molar-refractivity contribution in [3.63, 3.8) is 0 Å². The van der Waals surface area contributed by atoms with Gasteiger partial charge < -0.3 is 10.2 Å². The molecule has 0 bridgehead atoms. The van der Waals surface area contributed by atoms with E-state index in [9.17, 15) is 14.3 Å². The smallest absolute Gasteiger partial charge is 0.307 e. The summed E-state index contributed by atoms with van der Waals surface area (Å²) >= 11 is 0. The van der Waals surface area contributed by atoms with Crippen LogP contribution in [-0.4, -0.2) is 34.2 Å². The molecule has 0 heterocycles. The van der Waals surface area contributed by atoms with Gasteiger partial charge >= 0.3 is 5.97 Å². The summed E-state index contributed by atoms with van der Waals surface area (Å²) in [6, 6.07) is 3.79. The molecule has 0 spiro atoms. The van der Waals surface area contributed by atoms with Crippen molar-refractivity contribution in [2.24, 2.45) is 5.92 Å². The second kappa shape index (κ2) is 6.52. The van der Waals surface area contributed by atoms with Crippen molar-refractivity contribution in [3.8, 4) is 5.75 Å². The van der Waals surface area contributed by atoms with E-state index in [4.69, 9.17) is 5.11 Å². The first kappa shape index (κ1) is 15.4. The second-order valence-corrected chi connectivity index (χ2v) is 4.71. The minimum atomic E-state index is -0.864. The van der Waals surface area contributed by atoms with Crippen LogP contribution in [0.4, 0.5) is 4.39 Å². The number of benzene rings is 1. The largest absolute Gasteiger partial charge is 0.508 e. The SMILES string of the molecule is CCN(CC(C)C(=O)O)C(C)c1ccc(O)cc1F. The molecule has 19 heavy (non-hydrogen) atoms. The van der Waals surface area contributed by atoms with Crippen molar-refractivity contribution < 1.29 is 19.4 Å². The van der Waals surface area contributed by atoms with Crippen LogP contribution in [0.5, 0.6) is 5.75 Å². The zero-order chi connectivity index (χ0) is 14.6. The molecular formula is C14H20FNO3. The standard InChI is InChI=1S/C14H20FNO3/c1-4-16(8-9(2)14(18)19)10(3)12-6-5-11(17)7-13(12)15/h5-7,9-10,17H,4,8H2,1-3H3,(H,18,19). The summed E-state index contributed by atoms with van der Waals surface area (Å²) in [4.78, 5) is 12.8. The van der Waals surface area contributed by atoms with Crippen molar-refractivity contribution in [2.75, 3.05) is 13.1 Å². The number of carboxylic acids is 1. The van der Waals surface area contributed by atoms with Crippen LogP contribution in [0.15, 0.2) is 18.2 Å². The van der Waals surface area contributed by atoms with Crippen LogP contribution in [0.1, 0.15) is 32.4 Å². The molecule has 0 saturated carbocycles. The zero-order valence-corrected chi connectivity index (χ0v) is 11.4. The van der Waals surface area contributed by atoms with Crippen molar-refractivity contribution in [1.82, 2.24) is 4.90 Å². The highest BCUT2D eigenvalue weighted by atomic mass is 19.1. The number of hydrogen-bond donors (Lipinski definition) is 2. The first-order chi connectivity index (χ1) is 8.86. The molecule has 0 aliphatic rings. The Labute approximate surface area is 112 Å². The maximum atomic E-state index is 13.8. The molecule has 2 unspecified atom stereocenters. The van der Waals surface area contributed by atoms with Crippen molar-refractivity contribution >= 4 is 5.97 Å². The maximum absolute atomic E-state index is 13.8.